The summed E-state index contributed by atoms with van der Waals surface area (Å²) in [5.41, 5.74) is -1.12. The molecule has 0 spiro atoms. The summed E-state index contributed by atoms with van der Waals surface area (Å²) in [4.78, 5) is 36.4. The Morgan fingerprint density at radius 3 is 2.53 bits per heavy atom. The summed E-state index contributed by atoms with van der Waals surface area (Å²) in [6, 6.07) is 10.8. The van der Waals surface area contributed by atoms with Crippen molar-refractivity contribution in [2.75, 3.05) is 37.6 Å². The number of rotatable bonds is 7. The smallest absolute Gasteiger partial charge is 0.391 e. The van der Waals surface area contributed by atoms with Crippen molar-refractivity contribution in [1.82, 2.24) is 9.88 Å². The van der Waals surface area contributed by atoms with Crippen LogP contribution in [0.5, 0.6) is 0 Å². The first-order chi connectivity index (χ1) is 17.1. The second kappa shape index (κ2) is 10.6. The van der Waals surface area contributed by atoms with E-state index < -0.39 is 33.3 Å². The molecule has 1 aliphatic rings. The Kier molecular flexibility index (Phi) is 7.50. The maximum atomic E-state index is 13.2. The summed E-state index contributed by atoms with van der Waals surface area (Å²) < 4.78 is 39.4. The summed E-state index contributed by atoms with van der Waals surface area (Å²) in [5, 5.41) is 15.5. The minimum Gasteiger partial charge on any atom is -0.391 e. The predicted molar refractivity (Wildman–Crippen MR) is 131 cm³/mol. The van der Waals surface area contributed by atoms with Gasteiger partial charge in [-0.05, 0) is 18.6 Å². The fourth-order valence-corrected chi connectivity index (χ4v) is 4.93. The van der Waals surface area contributed by atoms with Gasteiger partial charge in [-0.15, -0.1) is 0 Å². The van der Waals surface area contributed by atoms with E-state index in [0.29, 0.717) is 51.5 Å². The molecule has 0 atom stereocenters. The molecule has 2 aromatic carbocycles. The lowest BCUT2D eigenvalue weighted by molar-refractivity contribution is -0.383. The highest BCUT2D eigenvalue weighted by molar-refractivity contribution is 7.22. The number of hydrogen-bond acceptors (Lipinski definition) is 9. The fraction of sp³-hybridized carbons (Fsp3) is 0.348. The number of halogens is 3. The molecule has 4 rings (SSSR count). The molecule has 0 amide bonds. The van der Waals surface area contributed by atoms with Gasteiger partial charge in [-0.25, -0.2) is 0 Å². The van der Waals surface area contributed by atoms with E-state index in [1.54, 1.807) is 0 Å². The van der Waals surface area contributed by atoms with Gasteiger partial charge >= 0.3 is 6.18 Å². The second-order valence-corrected chi connectivity index (χ2v) is 9.25. The van der Waals surface area contributed by atoms with Gasteiger partial charge in [-0.1, -0.05) is 46.8 Å². The molecule has 0 radical (unpaired) electrons. The van der Waals surface area contributed by atoms with Crippen LogP contribution < -0.4 is 10.5 Å². The summed E-state index contributed by atoms with van der Waals surface area (Å²) in [7, 11) is 0. The molecule has 0 unspecified atom stereocenters. The molecule has 36 heavy (non-hydrogen) atoms. The molecule has 0 aliphatic carbocycles. The van der Waals surface area contributed by atoms with Gasteiger partial charge in [0.1, 0.15) is 11.3 Å². The number of non-ortho nitro benzene ring substituents is 1. The maximum absolute atomic E-state index is 13.2. The summed E-state index contributed by atoms with van der Waals surface area (Å²) in [6.07, 6.45) is -4.82. The number of alkyl halides is 3. The van der Waals surface area contributed by atoms with E-state index >= 15 is 0 Å². The SMILES string of the molecule is C/C(CN1CCN(c2nc(=O)c3cc(C(F)(F)F)cc([N+](=O)[O-])c3s2)CC1)=N\OCc1ccccc1. The first kappa shape index (κ1) is 25.5. The maximum Gasteiger partial charge on any atom is 0.416 e. The highest BCUT2D eigenvalue weighted by Crippen LogP contribution is 2.38. The van der Waals surface area contributed by atoms with Crippen LogP contribution in [-0.4, -0.2) is 53.2 Å². The lowest BCUT2D eigenvalue weighted by Gasteiger charge is -2.34. The number of nitro benzene ring substituents is 1. The minimum absolute atomic E-state index is 0.121. The van der Waals surface area contributed by atoms with Gasteiger partial charge in [-0.2, -0.15) is 18.2 Å². The van der Waals surface area contributed by atoms with Crippen molar-refractivity contribution < 1.29 is 22.9 Å². The number of hydrogen-bond donors (Lipinski definition) is 0. The van der Waals surface area contributed by atoms with E-state index in [4.69, 9.17) is 4.84 Å². The Morgan fingerprint density at radius 2 is 1.89 bits per heavy atom. The Balaban J connectivity index is 1.44. The molecule has 13 heteroatoms. The molecule has 190 valence electrons. The number of piperazine rings is 1. The molecule has 1 fully saturated rings. The molecular weight excluding hydrogens is 499 g/mol. The van der Waals surface area contributed by atoms with Crippen molar-refractivity contribution >= 4 is 38.0 Å². The van der Waals surface area contributed by atoms with E-state index in [9.17, 15) is 28.1 Å². The van der Waals surface area contributed by atoms with E-state index in [0.717, 1.165) is 22.6 Å². The molecule has 3 aromatic rings. The lowest BCUT2D eigenvalue weighted by Crippen LogP contribution is -2.48. The van der Waals surface area contributed by atoms with Gasteiger partial charge in [0.05, 0.1) is 21.6 Å². The first-order valence-corrected chi connectivity index (χ1v) is 11.8. The lowest BCUT2D eigenvalue weighted by atomic mass is 10.1. The van der Waals surface area contributed by atoms with E-state index in [1.807, 2.05) is 42.2 Å². The van der Waals surface area contributed by atoms with Gasteiger partial charge in [0, 0.05) is 38.8 Å². The van der Waals surface area contributed by atoms with Gasteiger partial charge in [0.15, 0.2) is 5.13 Å². The van der Waals surface area contributed by atoms with Crippen molar-refractivity contribution in [2.45, 2.75) is 19.7 Å². The largest absolute Gasteiger partial charge is 0.416 e. The third kappa shape index (κ3) is 5.97. The summed E-state index contributed by atoms with van der Waals surface area (Å²) in [5.74, 6) is 0. The standard InChI is InChI=1S/C23H22F3N5O4S/c1-15(28-35-14-16-5-3-2-4-6-16)13-29-7-9-30(10-8-29)22-27-21(32)18-11-17(23(24,25)26)12-19(31(33)34)20(18)36-22/h2-6,11-12H,7-10,13-14H2,1H3/b28-15+. The van der Waals surface area contributed by atoms with Crippen molar-refractivity contribution in [3.8, 4) is 0 Å². The van der Waals surface area contributed by atoms with Crippen LogP contribution in [0.15, 0.2) is 52.4 Å². The normalized spacial score (nSPS) is 15.3. The highest BCUT2D eigenvalue weighted by Gasteiger charge is 2.34. The molecule has 1 aliphatic heterocycles. The monoisotopic (exact) mass is 521 g/mol. The molecule has 0 N–H and O–H groups in total. The first-order valence-electron chi connectivity index (χ1n) is 11.0. The topological polar surface area (TPSA) is 101 Å². The van der Waals surface area contributed by atoms with Crippen molar-refractivity contribution in [3.05, 3.63) is 74.1 Å². The number of aromatic nitrogens is 1. The minimum atomic E-state index is -4.82. The van der Waals surface area contributed by atoms with E-state index in [-0.39, 0.29) is 9.83 Å². The van der Waals surface area contributed by atoms with Crippen LogP contribution in [0.3, 0.4) is 0 Å². The molecule has 1 aromatic heterocycles. The van der Waals surface area contributed by atoms with Crippen LogP contribution >= 0.6 is 11.3 Å². The van der Waals surface area contributed by atoms with Gasteiger partial charge in [-0.3, -0.25) is 19.8 Å². The van der Waals surface area contributed by atoms with Crippen molar-refractivity contribution in [2.24, 2.45) is 5.16 Å². The zero-order chi connectivity index (χ0) is 25.9. The molecule has 2 heterocycles. The Labute approximate surface area is 207 Å². The highest BCUT2D eigenvalue weighted by atomic mass is 32.1. The van der Waals surface area contributed by atoms with E-state index in [2.05, 4.69) is 15.0 Å². The molecular formula is C23H22F3N5O4S. The van der Waals surface area contributed by atoms with Crippen molar-refractivity contribution in [1.29, 1.82) is 0 Å². The zero-order valence-corrected chi connectivity index (χ0v) is 20.0. The van der Waals surface area contributed by atoms with Crippen LogP contribution in [0, 0.1) is 10.1 Å². The second-order valence-electron chi connectivity index (χ2n) is 8.28. The Bertz CT molecular complexity index is 1340. The predicted octanol–water partition coefficient (Wildman–Crippen LogP) is 4.30. The Morgan fingerprint density at radius 1 is 1.19 bits per heavy atom. The van der Waals surface area contributed by atoms with Crippen LogP contribution in [0.1, 0.15) is 18.1 Å². The van der Waals surface area contributed by atoms with E-state index in [1.165, 1.54) is 0 Å². The van der Waals surface area contributed by atoms with Gasteiger partial charge < -0.3 is 9.74 Å². The number of benzene rings is 2. The zero-order valence-electron chi connectivity index (χ0n) is 19.2. The summed E-state index contributed by atoms with van der Waals surface area (Å²) >= 11 is 0.850. The molecule has 0 bridgehead atoms. The Hall–Kier alpha value is -3.58. The average molecular weight is 522 g/mol. The number of nitrogens with zero attached hydrogens (tertiary/aromatic N) is 5. The van der Waals surface area contributed by atoms with Gasteiger partial charge in [0.2, 0.25) is 0 Å². The van der Waals surface area contributed by atoms with Crippen LogP contribution in [0.25, 0.3) is 10.1 Å². The summed E-state index contributed by atoms with van der Waals surface area (Å²) in [6.45, 7) is 5.01. The van der Waals surface area contributed by atoms with Crippen LogP contribution in [-0.2, 0) is 17.6 Å². The van der Waals surface area contributed by atoms with Crippen LogP contribution in [0.2, 0.25) is 0 Å². The van der Waals surface area contributed by atoms with Crippen LogP contribution in [0.4, 0.5) is 24.0 Å². The fourth-order valence-electron chi connectivity index (χ4n) is 3.82. The molecule has 0 saturated carbocycles. The number of oxime groups is 1. The van der Waals surface area contributed by atoms with Crippen molar-refractivity contribution in [3.63, 3.8) is 0 Å². The third-order valence-electron chi connectivity index (χ3n) is 5.60. The number of fused-ring (bicyclic) bond motifs is 1. The average Bonchev–Trinajstić information content (AvgIpc) is 2.84. The third-order valence-corrected chi connectivity index (χ3v) is 6.77. The quantitative estimate of drug-likeness (QED) is 0.260. The molecule has 1 saturated heterocycles. The number of nitro groups is 1. The number of anilines is 1. The van der Waals surface area contributed by atoms with Gasteiger partial charge in [0.25, 0.3) is 11.2 Å². The molecule has 9 nitrogen and oxygen atoms in total.